The van der Waals surface area contributed by atoms with Gasteiger partial charge in [0.25, 0.3) is 5.91 Å². The summed E-state index contributed by atoms with van der Waals surface area (Å²) in [6, 6.07) is 4.05. The van der Waals surface area contributed by atoms with E-state index in [1.807, 2.05) is 0 Å². The number of thioether (sulfide) groups is 1. The van der Waals surface area contributed by atoms with Crippen molar-refractivity contribution in [2.45, 2.75) is 17.4 Å². The monoisotopic (exact) mass is 360 g/mol. The lowest BCUT2D eigenvalue weighted by atomic mass is 10.2. The highest BCUT2D eigenvalue weighted by atomic mass is 32.2. The lowest BCUT2D eigenvalue weighted by Gasteiger charge is -2.12. The van der Waals surface area contributed by atoms with Gasteiger partial charge in [0, 0.05) is 17.0 Å². The Morgan fingerprint density at radius 3 is 2.83 bits per heavy atom. The minimum atomic E-state index is -3.08. The summed E-state index contributed by atoms with van der Waals surface area (Å²) in [6.45, 7) is -0.407. The number of hydrogen-bond donors (Lipinski definition) is 1. The molecule has 2 rings (SSSR count). The van der Waals surface area contributed by atoms with Gasteiger partial charge in [-0.25, -0.2) is 8.42 Å². The summed E-state index contributed by atoms with van der Waals surface area (Å²) in [4.78, 5) is 23.0. The topological polar surface area (TPSA) is 116 Å². The molecule has 23 heavy (non-hydrogen) atoms. The Labute approximate surface area is 137 Å². The van der Waals surface area contributed by atoms with Crippen molar-refractivity contribution in [3.63, 3.8) is 0 Å². The van der Waals surface area contributed by atoms with E-state index in [9.17, 15) is 23.3 Å². The highest BCUT2D eigenvalue weighted by molar-refractivity contribution is 7.98. The Morgan fingerprint density at radius 2 is 2.26 bits per heavy atom. The van der Waals surface area contributed by atoms with Crippen LogP contribution in [0.15, 0.2) is 23.1 Å². The molecule has 0 aromatic heterocycles. The molecular weight excluding hydrogens is 344 g/mol. The first-order chi connectivity index (χ1) is 10.8. The van der Waals surface area contributed by atoms with Crippen LogP contribution in [0.4, 0.5) is 5.69 Å². The molecule has 0 radical (unpaired) electrons. The number of benzene rings is 1. The van der Waals surface area contributed by atoms with Crippen molar-refractivity contribution in [2.24, 2.45) is 0 Å². The molecule has 0 saturated carbocycles. The Kier molecular flexibility index (Phi) is 5.47. The Morgan fingerprint density at radius 1 is 1.52 bits per heavy atom. The summed E-state index contributed by atoms with van der Waals surface area (Å²) in [7, 11) is -3.08. The number of nitrogens with one attached hydrogen (secondary N) is 1. The predicted molar refractivity (Wildman–Crippen MR) is 85.6 cm³/mol. The van der Waals surface area contributed by atoms with E-state index in [0.717, 1.165) is 0 Å². The fourth-order valence-electron chi connectivity index (χ4n) is 2.21. The molecule has 10 heteroatoms. The number of rotatable bonds is 6. The zero-order chi connectivity index (χ0) is 17.0. The molecule has 1 aliphatic rings. The Hall–Kier alpha value is -1.81. The highest BCUT2D eigenvalue weighted by Crippen LogP contribution is 2.31. The van der Waals surface area contributed by atoms with Crippen molar-refractivity contribution in [1.82, 2.24) is 5.32 Å². The van der Waals surface area contributed by atoms with Gasteiger partial charge in [-0.15, -0.1) is 11.8 Å². The van der Waals surface area contributed by atoms with Crippen molar-refractivity contribution in [3.8, 4) is 5.75 Å². The van der Waals surface area contributed by atoms with Crippen molar-refractivity contribution >= 4 is 33.2 Å². The first-order valence-corrected chi connectivity index (χ1v) is 9.80. The third kappa shape index (κ3) is 4.83. The standard InChI is InChI=1S/C13H16N2O6S2/c1-22-10-2-3-12(11(6-10)15(17)18)21-7-13(16)14-9-4-5-23(19,20)8-9/h2-3,6,9H,4-5,7-8H2,1H3,(H,14,16)/t9-/m0/s1. The van der Waals surface area contributed by atoms with Gasteiger partial charge in [0.15, 0.2) is 22.2 Å². The summed E-state index contributed by atoms with van der Waals surface area (Å²) in [5.74, 6) is -0.529. The number of carbonyl (C=O) groups excluding carboxylic acids is 1. The van der Waals surface area contributed by atoms with Gasteiger partial charge < -0.3 is 10.1 Å². The molecule has 1 amide bonds. The van der Waals surface area contributed by atoms with E-state index in [1.54, 1.807) is 12.3 Å². The summed E-state index contributed by atoms with van der Waals surface area (Å²) < 4.78 is 27.9. The minimum Gasteiger partial charge on any atom is -0.477 e. The number of hydrogen-bond acceptors (Lipinski definition) is 7. The van der Waals surface area contributed by atoms with Crippen molar-refractivity contribution in [3.05, 3.63) is 28.3 Å². The second kappa shape index (κ2) is 7.18. The molecular formula is C13H16N2O6S2. The lowest BCUT2D eigenvalue weighted by molar-refractivity contribution is -0.386. The number of sulfone groups is 1. The van der Waals surface area contributed by atoms with Crippen LogP contribution < -0.4 is 10.1 Å². The fraction of sp³-hybridized carbons (Fsp3) is 0.462. The summed E-state index contributed by atoms with van der Waals surface area (Å²) in [5.41, 5.74) is -0.215. The molecule has 1 aromatic rings. The predicted octanol–water partition coefficient (Wildman–Crippen LogP) is 0.999. The highest BCUT2D eigenvalue weighted by Gasteiger charge is 2.29. The molecule has 1 atom stereocenters. The van der Waals surface area contributed by atoms with Crippen LogP contribution >= 0.6 is 11.8 Å². The molecule has 126 valence electrons. The average Bonchev–Trinajstić information content (AvgIpc) is 2.83. The molecule has 1 aromatic carbocycles. The lowest BCUT2D eigenvalue weighted by Crippen LogP contribution is -2.38. The van der Waals surface area contributed by atoms with Gasteiger partial charge in [0.05, 0.1) is 16.4 Å². The Bertz CT molecular complexity index is 719. The van der Waals surface area contributed by atoms with Crippen LogP contribution in [0.25, 0.3) is 0 Å². The van der Waals surface area contributed by atoms with Crippen LogP contribution in [-0.2, 0) is 14.6 Å². The molecule has 0 bridgehead atoms. The van der Waals surface area contributed by atoms with Gasteiger partial charge in [-0.3, -0.25) is 14.9 Å². The summed E-state index contributed by atoms with van der Waals surface area (Å²) >= 11 is 1.36. The molecule has 1 fully saturated rings. The van der Waals surface area contributed by atoms with Gasteiger partial charge in [-0.2, -0.15) is 0 Å². The number of amides is 1. The minimum absolute atomic E-state index is 0.00185. The van der Waals surface area contributed by atoms with Gasteiger partial charge in [-0.05, 0) is 24.8 Å². The van der Waals surface area contributed by atoms with E-state index in [4.69, 9.17) is 4.74 Å². The second-order valence-corrected chi connectivity index (χ2v) is 8.16. The second-order valence-electron chi connectivity index (χ2n) is 5.05. The quantitative estimate of drug-likeness (QED) is 0.457. The third-order valence-corrected chi connectivity index (χ3v) is 5.81. The average molecular weight is 360 g/mol. The maximum absolute atomic E-state index is 11.8. The SMILES string of the molecule is CSc1ccc(OCC(=O)N[C@H]2CCS(=O)(=O)C2)c([N+](=O)[O-])c1. The van der Waals surface area contributed by atoms with Gasteiger partial charge in [-0.1, -0.05) is 0 Å². The van der Waals surface area contributed by atoms with Crippen molar-refractivity contribution < 1.29 is 22.9 Å². The van der Waals surface area contributed by atoms with E-state index in [0.29, 0.717) is 11.3 Å². The van der Waals surface area contributed by atoms with Gasteiger partial charge in [0.1, 0.15) is 0 Å². The summed E-state index contributed by atoms with van der Waals surface area (Å²) in [6.07, 6.45) is 2.17. The van der Waals surface area contributed by atoms with Crippen LogP contribution in [0.1, 0.15) is 6.42 Å². The number of ether oxygens (including phenoxy) is 1. The smallest absolute Gasteiger partial charge is 0.312 e. The summed E-state index contributed by atoms with van der Waals surface area (Å²) in [5, 5.41) is 13.6. The molecule has 1 N–H and O–H groups in total. The fourth-order valence-corrected chi connectivity index (χ4v) is 4.32. The first-order valence-electron chi connectivity index (χ1n) is 6.76. The van der Waals surface area contributed by atoms with E-state index in [-0.39, 0.29) is 22.9 Å². The number of carbonyl (C=O) groups is 1. The number of nitro benzene ring substituents is 1. The van der Waals surface area contributed by atoms with E-state index in [2.05, 4.69) is 5.32 Å². The first kappa shape index (κ1) is 17.5. The van der Waals surface area contributed by atoms with E-state index < -0.39 is 33.3 Å². The molecule has 0 unspecified atom stereocenters. The van der Waals surface area contributed by atoms with Crippen molar-refractivity contribution in [2.75, 3.05) is 24.4 Å². The maximum Gasteiger partial charge on any atom is 0.312 e. The molecule has 0 spiro atoms. The largest absolute Gasteiger partial charge is 0.477 e. The van der Waals surface area contributed by atoms with Crippen LogP contribution in [-0.4, -0.2) is 49.7 Å². The van der Waals surface area contributed by atoms with E-state index >= 15 is 0 Å². The number of nitro groups is 1. The molecule has 0 aliphatic carbocycles. The van der Waals surface area contributed by atoms with Crippen LogP contribution in [0.3, 0.4) is 0 Å². The zero-order valence-electron chi connectivity index (χ0n) is 12.4. The van der Waals surface area contributed by atoms with Crippen LogP contribution in [0, 0.1) is 10.1 Å². The van der Waals surface area contributed by atoms with Crippen LogP contribution in [0.2, 0.25) is 0 Å². The molecule has 1 saturated heterocycles. The third-order valence-electron chi connectivity index (χ3n) is 3.32. The van der Waals surface area contributed by atoms with Crippen molar-refractivity contribution in [1.29, 1.82) is 0 Å². The molecule has 8 nitrogen and oxygen atoms in total. The van der Waals surface area contributed by atoms with Gasteiger partial charge >= 0.3 is 5.69 Å². The zero-order valence-corrected chi connectivity index (χ0v) is 14.0. The van der Waals surface area contributed by atoms with Crippen LogP contribution in [0.5, 0.6) is 5.75 Å². The molecule has 1 aliphatic heterocycles. The molecule has 1 heterocycles. The van der Waals surface area contributed by atoms with E-state index in [1.165, 1.54) is 23.9 Å². The Balaban J connectivity index is 1.95. The maximum atomic E-state index is 11.8. The normalized spacial score (nSPS) is 19.3. The number of nitrogens with zero attached hydrogens (tertiary/aromatic N) is 1. The van der Waals surface area contributed by atoms with Gasteiger partial charge in [0.2, 0.25) is 0 Å².